The second-order valence-corrected chi connectivity index (χ2v) is 10.8. The third-order valence-electron chi connectivity index (χ3n) is 4.67. The Morgan fingerprint density at radius 2 is 0.762 bits per heavy atom. The third kappa shape index (κ3) is 4.94. The molecule has 2 rings (SSSR count). The van der Waals surface area contributed by atoms with E-state index in [4.69, 9.17) is 0 Å². The fourth-order valence-electron chi connectivity index (χ4n) is 5.33. The highest BCUT2D eigenvalue weighted by molar-refractivity contribution is 4.91. The number of nitrogens with zero attached hydrogens (tertiary/aromatic N) is 2. The first-order valence-electron chi connectivity index (χ1n) is 8.54. The number of piperidine rings is 2. The van der Waals surface area contributed by atoms with Crippen LogP contribution in [0.5, 0.6) is 0 Å². The fourth-order valence-corrected chi connectivity index (χ4v) is 5.33. The zero-order chi connectivity index (χ0) is 16.1. The zero-order valence-corrected chi connectivity index (χ0v) is 15.6. The van der Waals surface area contributed by atoms with Crippen molar-refractivity contribution in [1.82, 2.24) is 15.6 Å². The summed E-state index contributed by atoms with van der Waals surface area (Å²) in [4.78, 5) is 0. The van der Waals surface area contributed by atoms with Crippen LogP contribution >= 0.6 is 0 Å². The Morgan fingerprint density at radius 1 is 0.524 bits per heavy atom. The molecule has 124 valence electrons. The van der Waals surface area contributed by atoms with Crippen LogP contribution < -0.4 is 5.53 Å². The van der Waals surface area contributed by atoms with Crippen molar-refractivity contribution in [2.24, 2.45) is 21.7 Å². The van der Waals surface area contributed by atoms with Crippen molar-refractivity contribution in [1.29, 1.82) is 0 Å². The molecule has 3 nitrogen and oxygen atoms in total. The molecule has 2 heterocycles. The maximum atomic E-state index is 3.75. The van der Waals surface area contributed by atoms with Gasteiger partial charge in [0.15, 0.2) is 0 Å². The van der Waals surface area contributed by atoms with Crippen LogP contribution in [0.4, 0.5) is 0 Å². The van der Waals surface area contributed by atoms with E-state index in [-0.39, 0.29) is 0 Å². The van der Waals surface area contributed by atoms with Gasteiger partial charge in [-0.3, -0.25) is 0 Å². The van der Waals surface area contributed by atoms with Crippen molar-refractivity contribution in [3.63, 3.8) is 0 Å². The minimum Gasteiger partial charge on any atom is -0.230 e. The van der Waals surface area contributed by atoms with Crippen LogP contribution in [0.1, 0.15) is 68.2 Å². The van der Waals surface area contributed by atoms with Crippen molar-refractivity contribution in [3.05, 3.63) is 0 Å². The Kier molecular flexibility index (Phi) is 4.28. The predicted molar refractivity (Wildman–Crippen MR) is 90.6 cm³/mol. The van der Waals surface area contributed by atoms with Crippen LogP contribution in [-0.2, 0) is 0 Å². The summed E-state index contributed by atoms with van der Waals surface area (Å²) in [6.07, 6.45) is 2.60. The standard InChI is InChI=1S/C18H37N3/c1-15(2)9-16(3,4)12-20(11-15)19-21-13-17(5,6)10-18(7,8)14-21/h19H,9-14H2,1-8H3. The molecule has 0 spiro atoms. The quantitative estimate of drug-likeness (QED) is 0.833. The minimum atomic E-state index is 0.384. The van der Waals surface area contributed by atoms with Crippen LogP contribution in [0.25, 0.3) is 0 Å². The van der Waals surface area contributed by atoms with E-state index < -0.39 is 0 Å². The summed E-state index contributed by atoms with van der Waals surface area (Å²) in [6, 6.07) is 0. The van der Waals surface area contributed by atoms with E-state index in [0.717, 1.165) is 26.2 Å². The van der Waals surface area contributed by atoms with E-state index in [0.29, 0.717) is 21.7 Å². The number of nitrogens with one attached hydrogen (secondary N) is 1. The molecule has 3 heteroatoms. The molecule has 0 aromatic heterocycles. The van der Waals surface area contributed by atoms with E-state index in [9.17, 15) is 0 Å². The lowest BCUT2D eigenvalue weighted by atomic mass is 9.71. The van der Waals surface area contributed by atoms with E-state index in [2.05, 4.69) is 70.9 Å². The summed E-state index contributed by atoms with van der Waals surface area (Å²) in [5.74, 6) is 0. The molecule has 1 N–H and O–H groups in total. The maximum Gasteiger partial charge on any atom is 0.0196 e. The lowest BCUT2D eigenvalue weighted by molar-refractivity contribution is -0.106. The van der Waals surface area contributed by atoms with Gasteiger partial charge in [0.25, 0.3) is 0 Å². The molecule has 0 aromatic carbocycles. The normalized spacial score (nSPS) is 32.0. The average Bonchev–Trinajstić information content (AvgIpc) is 2.04. The Hall–Kier alpha value is -0.120. The molecule has 0 unspecified atom stereocenters. The summed E-state index contributed by atoms with van der Waals surface area (Å²) in [7, 11) is 0. The molecule has 0 amide bonds. The molecule has 2 saturated heterocycles. The summed E-state index contributed by atoms with van der Waals surface area (Å²) in [5.41, 5.74) is 5.28. The van der Waals surface area contributed by atoms with Gasteiger partial charge in [-0.2, -0.15) is 5.53 Å². The summed E-state index contributed by atoms with van der Waals surface area (Å²) >= 11 is 0. The van der Waals surface area contributed by atoms with Gasteiger partial charge in [-0.25, -0.2) is 10.0 Å². The highest BCUT2D eigenvalue weighted by Crippen LogP contribution is 2.41. The Morgan fingerprint density at radius 3 is 1.00 bits per heavy atom. The molecule has 0 aliphatic carbocycles. The molecule has 0 atom stereocenters. The molecule has 2 aliphatic rings. The minimum absolute atomic E-state index is 0.384. The second-order valence-electron chi connectivity index (χ2n) is 10.8. The largest absolute Gasteiger partial charge is 0.230 e. The summed E-state index contributed by atoms with van der Waals surface area (Å²) in [5, 5.41) is 4.92. The molecule has 2 aliphatic heterocycles. The first-order chi connectivity index (χ1) is 9.28. The first-order valence-corrected chi connectivity index (χ1v) is 8.54. The van der Waals surface area contributed by atoms with E-state index >= 15 is 0 Å². The molecule has 0 bridgehead atoms. The van der Waals surface area contributed by atoms with Gasteiger partial charge in [0.2, 0.25) is 0 Å². The Balaban J connectivity index is 2.03. The number of hydrazine groups is 2. The van der Waals surface area contributed by atoms with Crippen LogP contribution in [0, 0.1) is 21.7 Å². The monoisotopic (exact) mass is 295 g/mol. The maximum absolute atomic E-state index is 3.75. The predicted octanol–water partition coefficient (Wildman–Crippen LogP) is 3.92. The van der Waals surface area contributed by atoms with Gasteiger partial charge in [-0.1, -0.05) is 55.4 Å². The molecule has 21 heavy (non-hydrogen) atoms. The SMILES string of the molecule is CC1(C)CN(NN2CC(C)(C)CC(C)(C)C2)CC(C)(C)C1. The lowest BCUT2D eigenvalue weighted by Gasteiger charge is -2.52. The van der Waals surface area contributed by atoms with Crippen LogP contribution in [0.3, 0.4) is 0 Å². The molecule has 0 saturated carbocycles. The van der Waals surface area contributed by atoms with E-state index in [1.807, 2.05) is 0 Å². The second kappa shape index (κ2) is 5.21. The van der Waals surface area contributed by atoms with Crippen molar-refractivity contribution in [3.8, 4) is 0 Å². The number of hydrogen-bond acceptors (Lipinski definition) is 3. The van der Waals surface area contributed by atoms with Gasteiger partial charge in [0.05, 0.1) is 0 Å². The van der Waals surface area contributed by atoms with Gasteiger partial charge in [0.1, 0.15) is 0 Å². The number of hydrogen-bond donors (Lipinski definition) is 1. The average molecular weight is 296 g/mol. The van der Waals surface area contributed by atoms with Crippen molar-refractivity contribution in [2.45, 2.75) is 68.2 Å². The Labute approximate surface area is 132 Å². The van der Waals surface area contributed by atoms with Gasteiger partial charge in [-0.15, -0.1) is 0 Å². The van der Waals surface area contributed by atoms with Gasteiger partial charge in [0, 0.05) is 26.2 Å². The van der Waals surface area contributed by atoms with Gasteiger partial charge >= 0.3 is 0 Å². The van der Waals surface area contributed by atoms with Crippen LogP contribution in [-0.4, -0.2) is 36.2 Å². The smallest absolute Gasteiger partial charge is 0.0196 e. The topological polar surface area (TPSA) is 18.5 Å². The molecular weight excluding hydrogens is 258 g/mol. The molecule has 2 fully saturated rings. The van der Waals surface area contributed by atoms with Crippen molar-refractivity contribution in [2.75, 3.05) is 26.2 Å². The van der Waals surface area contributed by atoms with Crippen molar-refractivity contribution < 1.29 is 0 Å². The third-order valence-corrected chi connectivity index (χ3v) is 4.67. The lowest BCUT2D eigenvalue weighted by Crippen LogP contribution is -2.63. The molecule has 0 radical (unpaired) electrons. The number of rotatable bonds is 2. The summed E-state index contributed by atoms with van der Waals surface area (Å²) in [6.45, 7) is 23.7. The van der Waals surface area contributed by atoms with Crippen molar-refractivity contribution >= 4 is 0 Å². The Bertz CT molecular complexity index is 314. The van der Waals surface area contributed by atoms with Gasteiger partial charge in [-0.05, 0) is 34.5 Å². The van der Waals surface area contributed by atoms with E-state index in [1.54, 1.807) is 0 Å². The van der Waals surface area contributed by atoms with Crippen LogP contribution in [0.15, 0.2) is 0 Å². The van der Waals surface area contributed by atoms with Gasteiger partial charge < -0.3 is 0 Å². The molecular formula is C18H37N3. The zero-order valence-electron chi connectivity index (χ0n) is 15.6. The van der Waals surface area contributed by atoms with Crippen LogP contribution in [0.2, 0.25) is 0 Å². The highest BCUT2D eigenvalue weighted by atomic mass is 15.8. The molecule has 0 aromatic rings. The highest BCUT2D eigenvalue weighted by Gasteiger charge is 2.41. The summed E-state index contributed by atoms with van der Waals surface area (Å²) < 4.78 is 0. The fraction of sp³-hybridized carbons (Fsp3) is 1.00. The first kappa shape index (κ1) is 17.2. The van der Waals surface area contributed by atoms with E-state index in [1.165, 1.54) is 12.8 Å².